The van der Waals surface area contributed by atoms with Crippen LogP contribution < -0.4 is 4.74 Å². The Labute approximate surface area is 168 Å². The number of esters is 1. The summed E-state index contributed by atoms with van der Waals surface area (Å²) in [4.78, 5) is 17.1. The maximum atomic E-state index is 13.0. The average Bonchev–Trinajstić information content (AvgIpc) is 3.13. The first-order chi connectivity index (χ1) is 13.5. The zero-order chi connectivity index (χ0) is 19.4. The van der Waals surface area contributed by atoms with Crippen LogP contribution in [0.4, 0.5) is 0 Å². The number of carbonyl (C=O) groups is 1. The van der Waals surface area contributed by atoms with E-state index in [1.165, 1.54) is 6.42 Å². The van der Waals surface area contributed by atoms with E-state index in [1.807, 2.05) is 24.3 Å². The molecule has 4 atom stereocenters. The molecule has 6 nitrogen and oxygen atoms in total. The minimum absolute atomic E-state index is 0.0117. The number of hydrogen-bond acceptors (Lipinski definition) is 6. The van der Waals surface area contributed by atoms with Crippen LogP contribution in [-0.4, -0.2) is 28.1 Å². The quantitative estimate of drug-likeness (QED) is 0.546. The normalized spacial score (nSPS) is 33.1. The number of aromatic nitrogens is 2. The van der Waals surface area contributed by atoms with Crippen molar-refractivity contribution in [1.82, 2.24) is 10.1 Å². The van der Waals surface area contributed by atoms with Gasteiger partial charge in [0.2, 0.25) is 5.82 Å². The highest BCUT2D eigenvalue weighted by atomic mass is 35.5. The third-order valence-corrected chi connectivity index (χ3v) is 6.99. The number of methoxy groups -OCH3 is 1. The Bertz CT molecular complexity index is 897. The van der Waals surface area contributed by atoms with Crippen molar-refractivity contribution < 1.29 is 18.8 Å². The monoisotopic (exact) mass is 402 g/mol. The van der Waals surface area contributed by atoms with E-state index in [4.69, 9.17) is 25.6 Å². The number of alkyl halides is 1. The Balaban J connectivity index is 1.27. The molecule has 4 bridgehead atoms. The second-order valence-electron chi connectivity index (χ2n) is 8.71. The van der Waals surface area contributed by atoms with Gasteiger partial charge in [-0.15, -0.1) is 11.6 Å². The Morgan fingerprint density at radius 3 is 2.79 bits per heavy atom. The molecular formula is C21H23ClN2O4. The van der Waals surface area contributed by atoms with E-state index in [2.05, 4.69) is 10.1 Å². The van der Waals surface area contributed by atoms with Crippen molar-refractivity contribution >= 4 is 17.6 Å². The summed E-state index contributed by atoms with van der Waals surface area (Å²) in [6.07, 6.45) is 5.80. The molecule has 4 fully saturated rings. The van der Waals surface area contributed by atoms with Crippen LogP contribution in [0, 0.1) is 17.3 Å². The van der Waals surface area contributed by atoms with Gasteiger partial charge in [0, 0.05) is 10.4 Å². The van der Waals surface area contributed by atoms with Crippen molar-refractivity contribution in [3.63, 3.8) is 0 Å². The van der Waals surface area contributed by atoms with Crippen LogP contribution in [-0.2, 0) is 16.1 Å². The predicted octanol–water partition coefficient (Wildman–Crippen LogP) is 4.37. The van der Waals surface area contributed by atoms with Gasteiger partial charge in [-0.2, -0.15) is 4.98 Å². The average molecular weight is 403 g/mol. The molecule has 0 radical (unpaired) electrons. The van der Waals surface area contributed by atoms with Crippen LogP contribution in [0.2, 0.25) is 0 Å². The van der Waals surface area contributed by atoms with E-state index in [0.29, 0.717) is 23.4 Å². The van der Waals surface area contributed by atoms with Crippen LogP contribution in [0.5, 0.6) is 5.75 Å². The number of carbonyl (C=O) groups excluding carboxylic acids is 1. The second kappa shape index (κ2) is 6.48. The third kappa shape index (κ3) is 3.08. The summed E-state index contributed by atoms with van der Waals surface area (Å²) in [5.74, 6) is 2.39. The lowest BCUT2D eigenvalue weighted by Crippen LogP contribution is -2.56. The number of halogens is 1. The fourth-order valence-electron chi connectivity index (χ4n) is 5.86. The molecule has 1 heterocycles. The van der Waals surface area contributed by atoms with Crippen LogP contribution >= 0.6 is 11.6 Å². The van der Waals surface area contributed by atoms with Gasteiger partial charge < -0.3 is 14.0 Å². The molecule has 4 aliphatic rings. The molecule has 0 N–H and O–H groups in total. The predicted molar refractivity (Wildman–Crippen MR) is 102 cm³/mol. The van der Waals surface area contributed by atoms with Crippen LogP contribution in [0.1, 0.15) is 44.4 Å². The lowest BCUT2D eigenvalue weighted by Gasteiger charge is -2.58. The summed E-state index contributed by atoms with van der Waals surface area (Å²) < 4.78 is 16.1. The summed E-state index contributed by atoms with van der Waals surface area (Å²) in [5, 5.41) is 3.99. The van der Waals surface area contributed by atoms with Crippen LogP contribution in [0.3, 0.4) is 0 Å². The molecule has 6 rings (SSSR count). The zero-order valence-electron chi connectivity index (χ0n) is 15.8. The van der Waals surface area contributed by atoms with Crippen molar-refractivity contribution in [2.45, 2.75) is 50.0 Å². The summed E-state index contributed by atoms with van der Waals surface area (Å²) >= 11 is 6.82. The standard InChI is InChI=1S/C21H23ClN2O4/c1-26-16-4-2-3-15(6-16)18-23-17(28-24-18)11-27-19(25)20-7-13-5-14(8-20)10-21(22,9-13)12-20/h2-4,6,13-14H,5,7-12H2,1H3/t13-,14+,20?,21?. The van der Waals surface area contributed by atoms with Crippen molar-refractivity contribution in [3.05, 3.63) is 30.2 Å². The summed E-state index contributed by atoms with van der Waals surface area (Å²) in [6, 6.07) is 7.41. The first-order valence-corrected chi connectivity index (χ1v) is 10.2. The van der Waals surface area contributed by atoms with E-state index in [9.17, 15) is 4.79 Å². The largest absolute Gasteiger partial charge is 0.497 e. The van der Waals surface area contributed by atoms with E-state index in [-0.39, 0.29) is 23.3 Å². The number of hydrogen-bond donors (Lipinski definition) is 0. The maximum absolute atomic E-state index is 13.0. The smallest absolute Gasteiger partial charge is 0.312 e. The SMILES string of the molecule is COc1cccc(-c2noc(COC(=O)C34C[C@@H]5C[C@@H](CC(Cl)(C5)C3)C4)n2)c1. The Morgan fingerprint density at radius 1 is 1.29 bits per heavy atom. The lowest BCUT2D eigenvalue weighted by atomic mass is 9.49. The molecule has 2 aromatic rings. The summed E-state index contributed by atoms with van der Waals surface area (Å²) in [7, 11) is 1.61. The van der Waals surface area contributed by atoms with Gasteiger partial charge in [-0.1, -0.05) is 17.3 Å². The van der Waals surface area contributed by atoms with E-state index < -0.39 is 5.41 Å². The molecular weight excluding hydrogens is 380 g/mol. The molecule has 148 valence electrons. The number of nitrogens with zero attached hydrogens (tertiary/aromatic N) is 2. The topological polar surface area (TPSA) is 74.5 Å². The Hall–Kier alpha value is -2.08. The Morgan fingerprint density at radius 2 is 2.07 bits per heavy atom. The molecule has 0 amide bonds. The fourth-order valence-corrected chi connectivity index (χ4v) is 6.56. The van der Waals surface area contributed by atoms with Gasteiger partial charge in [0.1, 0.15) is 5.75 Å². The molecule has 4 aliphatic carbocycles. The first kappa shape index (κ1) is 18.0. The molecule has 0 saturated heterocycles. The van der Waals surface area contributed by atoms with Gasteiger partial charge in [-0.25, -0.2) is 0 Å². The number of benzene rings is 1. The number of ether oxygens (including phenoxy) is 2. The highest BCUT2D eigenvalue weighted by molar-refractivity contribution is 6.24. The maximum Gasteiger partial charge on any atom is 0.312 e. The van der Waals surface area contributed by atoms with Gasteiger partial charge in [0.25, 0.3) is 5.89 Å². The van der Waals surface area contributed by atoms with E-state index >= 15 is 0 Å². The third-order valence-electron chi connectivity index (χ3n) is 6.55. The highest BCUT2D eigenvalue weighted by Crippen LogP contribution is 2.64. The molecule has 0 aliphatic heterocycles. The van der Waals surface area contributed by atoms with Gasteiger partial charge in [0.15, 0.2) is 6.61 Å². The minimum atomic E-state index is -0.429. The van der Waals surface area contributed by atoms with Crippen LogP contribution in [0.15, 0.2) is 28.8 Å². The van der Waals surface area contributed by atoms with Crippen molar-refractivity contribution in [2.24, 2.45) is 17.3 Å². The molecule has 28 heavy (non-hydrogen) atoms. The van der Waals surface area contributed by atoms with Gasteiger partial charge in [0.05, 0.1) is 12.5 Å². The van der Waals surface area contributed by atoms with E-state index in [0.717, 1.165) is 37.7 Å². The van der Waals surface area contributed by atoms with Crippen molar-refractivity contribution in [3.8, 4) is 17.1 Å². The Kier molecular flexibility index (Phi) is 4.16. The molecule has 7 heteroatoms. The number of rotatable bonds is 5. The second-order valence-corrected chi connectivity index (χ2v) is 9.51. The van der Waals surface area contributed by atoms with E-state index in [1.54, 1.807) is 7.11 Å². The zero-order valence-corrected chi connectivity index (χ0v) is 16.6. The fraction of sp³-hybridized carbons (Fsp3) is 0.571. The summed E-state index contributed by atoms with van der Waals surface area (Å²) in [6.45, 7) is -0.0117. The first-order valence-electron chi connectivity index (χ1n) is 9.80. The lowest BCUT2D eigenvalue weighted by molar-refractivity contribution is -0.172. The van der Waals surface area contributed by atoms with Crippen molar-refractivity contribution in [2.75, 3.05) is 7.11 Å². The molecule has 1 aromatic heterocycles. The van der Waals surface area contributed by atoms with Crippen LogP contribution in [0.25, 0.3) is 11.4 Å². The van der Waals surface area contributed by atoms with Crippen molar-refractivity contribution in [1.29, 1.82) is 0 Å². The summed E-state index contributed by atoms with van der Waals surface area (Å²) in [5.41, 5.74) is 0.354. The van der Waals surface area contributed by atoms with Gasteiger partial charge in [-0.3, -0.25) is 4.79 Å². The molecule has 0 spiro atoms. The minimum Gasteiger partial charge on any atom is -0.497 e. The highest BCUT2D eigenvalue weighted by Gasteiger charge is 2.60. The van der Waals surface area contributed by atoms with Gasteiger partial charge in [-0.05, 0) is 62.5 Å². The molecule has 1 aromatic carbocycles. The molecule has 4 saturated carbocycles. The van der Waals surface area contributed by atoms with Gasteiger partial charge >= 0.3 is 5.97 Å². The molecule has 2 unspecified atom stereocenters.